The van der Waals surface area contributed by atoms with Crippen LogP contribution in [0.2, 0.25) is 0 Å². The minimum atomic E-state index is -0.833. The molecule has 0 unspecified atom stereocenters. The molecule has 0 aromatic rings. The van der Waals surface area contributed by atoms with Crippen LogP contribution in [0.25, 0.3) is 0 Å². The van der Waals surface area contributed by atoms with E-state index in [2.05, 4.69) is 0 Å². The summed E-state index contributed by atoms with van der Waals surface area (Å²) < 4.78 is 0. The van der Waals surface area contributed by atoms with Crippen LogP contribution in [0.1, 0.15) is 20.8 Å². The predicted molar refractivity (Wildman–Crippen MR) is 49.9 cm³/mol. The number of hydrogen-bond acceptors (Lipinski definition) is 3. The first-order valence-electron chi connectivity index (χ1n) is 2.78. The Bertz CT molecular complexity index is 115. The SMILES string of the molecule is CC(=O)O.CC(=O)O.CC(=O)O.[BiH3]. The van der Waals surface area contributed by atoms with Gasteiger partial charge in [-0.1, -0.05) is 0 Å². The molecule has 0 aliphatic heterocycles. The molecule has 0 radical (unpaired) electrons. The van der Waals surface area contributed by atoms with Gasteiger partial charge in [-0.15, -0.1) is 0 Å². The Morgan fingerprint density at radius 3 is 0.692 bits per heavy atom. The standard InChI is InChI=1S/3C2H4O2.Bi.3H/c3*1-2(3)4;;;;/h3*1H3,(H,3,4);;;;. The van der Waals surface area contributed by atoms with Crippen molar-refractivity contribution in [3.8, 4) is 0 Å². The molecule has 80 valence electrons. The van der Waals surface area contributed by atoms with Crippen molar-refractivity contribution in [1.82, 2.24) is 0 Å². The van der Waals surface area contributed by atoms with Crippen molar-refractivity contribution in [3.05, 3.63) is 0 Å². The number of rotatable bonds is 0. The Morgan fingerprint density at radius 1 is 0.692 bits per heavy atom. The van der Waals surface area contributed by atoms with E-state index in [1.807, 2.05) is 0 Å². The van der Waals surface area contributed by atoms with Crippen LogP contribution in [0, 0.1) is 0 Å². The van der Waals surface area contributed by atoms with Crippen LogP contribution >= 0.6 is 0 Å². The summed E-state index contributed by atoms with van der Waals surface area (Å²) in [7, 11) is 0. The maximum absolute atomic E-state index is 9.00. The van der Waals surface area contributed by atoms with Crippen molar-refractivity contribution in [2.75, 3.05) is 0 Å². The molecule has 0 bridgehead atoms. The van der Waals surface area contributed by atoms with Gasteiger partial charge in [0.05, 0.1) is 0 Å². The van der Waals surface area contributed by atoms with E-state index in [-0.39, 0.29) is 26.2 Å². The van der Waals surface area contributed by atoms with Gasteiger partial charge in [0.25, 0.3) is 17.9 Å². The summed E-state index contributed by atoms with van der Waals surface area (Å²) in [5.41, 5.74) is 0. The summed E-state index contributed by atoms with van der Waals surface area (Å²) in [5, 5.41) is 22.2. The van der Waals surface area contributed by atoms with E-state index < -0.39 is 17.9 Å². The van der Waals surface area contributed by atoms with Gasteiger partial charge in [0.1, 0.15) is 0 Å². The van der Waals surface area contributed by atoms with Gasteiger partial charge < -0.3 is 15.3 Å². The van der Waals surface area contributed by atoms with Gasteiger partial charge in [-0.05, 0) is 0 Å². The van der Waals surface area contributed by atoms with Gasteiger partial charge in [-0.2, -0.15) is 0 Å². The molecule has 0 heterocycles. The topological polar surface area (TPSA) is 112 Å². The van der Waals surface area contributed by atoms with E-state index in [1.165, 1.54) is 0 Å². The molecule has 0 fully saturated rings. The summed E-state index contributed by atoms with van der Waals surface area (Å²) in [4.78, 5) is 27.0. The predicted octanol–water partition coefficient (Wildman–Crippen LogP) is -0.911. The average Bonchev–Trinajstić information content (AvgIpc) is 1.54. The Labute approximate surface area is 94.7 Å². The van der Waals surface area contributed by atoms with E-state index >= 15 is 0 Å². The number of carboxylic acids is 3. The number of hydrogen-bond donors (Lipinski definition) is 3. The Balaban J connectivity index is -0.0000000450. The fourth-order valence-electron chi connectivity index (χ4n) is 0. The van der Waals surface area contributed by atoms with Crippen LogP contribution in [0.4, 0.5) is 0 Å². The second-order valence-corrected chi connectivity index (χ2v) is 1.56. The first kappa shape index (κ1) is 22.8. The number of carbonyl (C=O) groups is 3. The van der Waals surface area contributed by atoms with E-state index in [1.54, 1.807) is 0 Å². The van der Waals surface area contributed by atoms with Crippen molar-refractivity contribution in [2.24, 2.45) is 0 Å². The van der Waals surface area contributed by atoms with Crippen LogP contribution in [-0.2, 0) is 14.4 Å². The van der Waals surface area contributed by atoms with Gasteiger partial charge in [-0.3, -0.25) is 14.4 Å². The molecule has 0 atom stereocenters. The van der Waals surface area contributed by atoms with E-state index in [0.717, 1.165) is 20.8 Å². The molecule has 0 aromatic carbocycles. The molecule has 0 rings (SSSR count). The van der Waals surface area contributed by atoms with Crippen molar-refractivity contribution in [1.29, 1.82) is 0 Å². The summed E-state index contributed by atoms with van der Waals surface area (Å²) in [5.74, 6) is -2.50. The zero-order valence-electron chi connectivity index (χ0n) is 7.77. The summed E-state index contributed by atoms with van der Waals surface area (Å²) in [6.45, 7) is 3.25. The third-order valence-corrected chi connectivity index (χ3v) is 0. The second-order valence-electron chi connectivity index (χ2n) is 1.56. The first-order chi connectivity index (χ1) is 5.20. The van der Waals surface area contributed by atoms with Crippen LogP contribution in [-0.4, -0.2) is 59.4 Å². The Hall–Kier alpha value is -0.707. The summed E-state index contributed by atoms with van der Waals surface area (Å²) in [6, 6.07) is 0. The van der Waals surface area contributed by atoms with Crippen LogP contribution < -0.4 is 0 Å². The molecule has 0 amide bonds. The van der Waals surface area contributed by atoms with E-state index in [4.69, 9.17) is 29.7 Å². The molecule has 0 saturated carbocycles. The number of aliphatic carboxylic acids is 3. The fourth-order valence-corrected chi connectivity index (χ4v) is 0. The molecular weight excluding hydrogens is 377 g/mol. The summed E-state index contributed by atoms with van der Waals surface area (Å²) in [6.07, 6.45) is 0. The summed E-state index contributed by atoms with van der Waals surface area (Å²) >= 11 is 0. The van der Waals surface area contributed by atoms with Gasteiger partial charge in [0.15, 0.2) is 0 Å². The molecule has 0 aliphatic rings. The third kappa shape index (κ3) is 1950. The molecule has 0 saturated heterocycles. The molecule has 7 heteroatoms. The van der Waals surface area contributed by atoms with Crippen LogP contribution in [0.3, 0.4) is 0 Å². The van der Waals surface area contributed by atoms with E-state index in [0.29, 0.717) is 0 Å². The third-order valence-electron chi connectivity index (χ3n) is 0. The second kappa shape index (κ2) is 17.4. The molecular formula is C6H15BiO6. The minimum absolute atomic E-state index is 0. The molecule has 13 heavy (non-hydrogen) atoms. The zero-order chi connectivity index (χ0) is 10.7. The first-order valence-corrected chi connectivity index (χ1v) is 2.78. The Morgan fingerprint density at radius 2 is 0.692 bits per heavy atom. The van der Waals surface area contributed by atoms with Crippen molar-refractivity contribution in [2.45, 2.75) is 20.8 Å². The van der Waals surface area contributed by atoms with Crippen molar-refractivity contribution in [3.63, 3.8) is 0 Å². The normalized spacial score (nSPS) is 5.77. The Kier molecular flexibility index (Phi) is 30.5. The fraction of sp³-hybridized carbons (Fsp3) is 0.500. The molecule has 0 aromatic heterocycles. The average molecular weight is 392 g/mol. The van der Waals surface area contributed by atoms with Crippen LogP contribution in [0.15, 0.2) is 0 Å². The van der Waals surface area contributed by atoms with Gasteiger partial charge >= 0.3 is 26.2 Å². The quantitative estimate of drug-likeness (QED) is 0.461. The van der Waals surface area contributed by atoms with Gasteiger partial charge in [-0.25, -0.2) is 0 Å². The zero-order valence-corrected chi connectivity index (χ0v) is 13.3. The molecule has 0 aliphatic carbocycles. The monoisotopic (exact) mass is 392 g/mol. The van der Waals surface area contributed by atoms with Crippen molar-refractivity contribution >= 4 is 44.1 Å². The van der Waals surface area contributed by atoms with E-state index in [9.17, 15) is 0 Å². The van der Waals surface area contributed by atoms with Gasteiger partial charge in [0.2, 0.25) is 0 Å². The van der Waals surface area contributed by atoms with Gasteiger partial charge in [0, 0.05) is 20.8 Å². The molecule has 6 nitrogen and oxygen atoms in total. The molecule has 3 N–H and O–H groups in total. The maximum atomic E-state index is 9.00. The van der Waals surface area contributed by atoms with Crippen molar-refractivity contribution < 1.29 is 29.7 Å². The number of carboxylic acid groups (broad SMARTS) is 3. The van der Waals surface area contributed by atoms with Crippen LogP contribution in [0.5, 0.6) is 0 Å². The molecule has 0 spiro atoms.